The highest BCUT2D eigenvalue weighted by molar-refractivity contribution is 5.92. The van der Waals surface area contributed by atoms with Crippen LogP contribution in [0.15, 0.2) is 42.5 Å². The van der Waals surface area contributed by atoms with Gasteiger partial charge in [0.25, 0.3) is 0 Å². The normalized spacial score (nSPS) is 32.2. The van der Waals surface area contributed by atoms with Gasteiger partial charge in [0.2, 0.25) is 5.91 Å². The van der Waals surface area contributed by atoms with E-state index in [0.717, 1.165) is 29.8 Å². The fraction of sp³-hybridized carbons (Fsp3) is 0.464. The van der Waals surface area contributed by atoms with Crippen LogP contribution in [-0.4, -0.2) is 70.3 Å². The second-order valence-electron chi connectivity index (χ2n) is 10.8. The molecule has 1 spiro atoms. The van der Waals surface area contributed by atoms with Crippen molar-refractivity contribution in [3.05, 3.63) is 64.7 Å². The van der Waals surface area contributed by atoms with E-state index < -0.39 is 28.9 Å². The molecule has 9 heteroatoms. The van der Waals surface area contributed by atoms with Crippen molar-refractivity contribution in [1.29, 1.82) is 0 Å². The first kappa shape index (κ1) is 24.3. The molecule has 2 aromatic rings. The fourth-order valence-electron chi connectivity index (χ4n) is 7.39. The first-order valence-corrected chi connectivity index (χ1v) is 12.5. The maximum Gasteiger partial charge on any atom is 0.416 e. The quantitative estimate of drug-likeness (QED) is 0.611. The number of piperidine rings is 1. The molecule has 5 atom stereocenters. The molecule has 2 N–H and O–H groups in total. The molecule has 6 rings (SSSR count). The Morgan fingerprint density at radius 3 is 2.78 bits per heavy atom. The van der Waals surface area contributed by atoms with Gasteiger partial charge in [0, 0.05) is 24.7 Å². The number of halogens is 3. The second-order valence-corrected chi connectivity index (χ2v) is 10.8. The van der Waals surface area contributed by atoms with Crippen LogP contribution in [0.3, 0.4) is 0 Å². The standard InChI is InChI=1S/C28H29F3N2O4/c1-32-13-12-26-23-17-7-8-20(34)24(23)37-25(26)19(10-11-27(26,36)21(32)15-17)33(2)22(35)9-6-16-4-3-5-18(14-16)28(29,30)31/h3-9,14,19,21,25,34,36H,10-13,15H2,1-2H3/t19-,21-,25+,26+,27-/m1/s1. The van der Waals surface area contributed by atoms with Gasteiger partial charge in [-0.1, -0.05) is 18.2 Å². The highest BCUT2D eigenvalue weighted by Crippen LogP contribution is 2.65. The summed E-state index contributed by atoms with van der Waals surface area (Å²) in [5.74, 6) is 0.0594. The third kappa shape index (κ3) is 3.29. The average Bonchev–Trinajstić information content (AvgIpc) is 3.21. The minimum atomic E-state index is -4.46. The molecule has 196 valence electrons. The lowest BCUT2D eigenvalue weighted by atomic mass is 9.48. The summed E-state index contributed by atoms with van der Waals surface area (Å²) in [5, 5.41) is 22.9. The Morgan fingerprint density at radius 1 is 1.24 bits per heavy atom. The number of likely N-dealkylation sites (N-methyl/N-ethyl adjacent to an activating group) is 2. The fourth-order valence-corrected chi connectivity index (χ4v) is 7.39. The van der Waals surface area contributed by atoms with Crippen molar-refractivity contribution in [1.82, 2.24) is 9.80 Å². The van der Waals surface area contributed by atoms with Crippen LogP contribution < -0.4 is 4.74 Å². The number of benzene rings is 2. The van der Waals surface area contributed by atoms with E-state index in [4.69, 9.17) is 4.74 Å². The number of hydrogen-bond donors (Lipinski definition) is 2. The van der Waals surface area contributed by atoms with Gasteiger partial charge >= 0.3 is 6.18 Å². The minimum absolute atomic E-state index is 0.0272. The van der Waals surface area contributed by atoms with Gasteiger partial charge in [-0.05, 0) is 74.7 Å². The lowest BCUT2D eigenvalue weighted by molar-refractivity contribution is -0.195. The predicted molar refractivity (Wildman–Crippen MR) is 130 cm³/mol. The summed E-state index contributed by atoms with van der Waals surface area (Å²) >= 11 is 0. The zero-order chi connectivity index (χ0) is 26.3. The van der Waals surface area contributed by atoms with E-state index in [1.165, 1.54) is 24.3 Å². The highest BCUT2D eigenvalue weighted by Gasteiger charge is 2.73. The van der Waals surface area contributed by atoms with Gasteiger partial charge in [-0.25, -0.2) is 0 Å². The largest absolute Gasteiger partial charge is 0.504 e. The Kier molecular flexibility index (Phi) is 5.24. The van der Waals surface area contributed by atoms with Crippen LogP contribution in [-0.2, 0) is 22.8 Å². The van der Waals surface area contributed by atoms with Crippen molar-refractivity contribution in [2.45, 2.75) is 61.1 Å². The van der Waals surface area contributed by atoms with Crippen molar-refractivity contribution in [3.63, 3.8) is 0 Å². The maximum absolute atomic E-state index is 13.2. The van der Waals surface area contributed by atoms with Crippen molar-refractivity contribution in [2.75, 3.05) is 20.6 Å². The second kappa shape index (κ2) is 7.98. The van der Waals surface area contributed by atoms with Gasteiger partial charge in [0.1, 0.15) is 6.10 Å². The van der Waals surface area contributed by atoms with E-state index in [1.54, 1.807) is 18.0 Å². The molecule has 2 aromatic carbocycles. The van der Waals surface area contributed by atoms with Gasteiger partial charge in [-0.15, -0.1) is 0 Å². The van der Waals surface area contributed by atoms with Crippen LogP contribution in [0.4, 0.5) is 13.2 Å². The van der Waals surface area contributed by atoms with Crippen molar-refractivity contribution >= 4 is 12.0 Å². The molecular weight excluding hydrogens is 485 g/mol. The van der Waals surface area contributed by atoms with E-state index in [1.807, 2.05) is 13.1 Å². The maximum atomic E-state index is 13.2. The number of aliphatic hydroxyl groups is 1. The third-order valence-electron chi connectivity index (χ3n) is 9.18. The smallest absolute Gasteiger partial charge is 0.416 e. The summed E-state index contributed by atoms with van der Waals surface area (Å²) in [4.78, 5) is 17.0. The lowest BCUT2D eigenvalue weighted by Gasteiger charge is -2.64. The molecule has 1 saturated heterocycles. The molecule has 2 heterocycles. The Morgan fingerprint density at radius 2 is 2.03 bits per heavy atom. The number of nitrogens with zero attached hydrogens (tertiary/aromatic N) is 2. The Labute approximate surface area is 212 Å². The third-order valence-corrected chi connectivity index (χ3v) is 9.18. The summed E-state index contributed by atoms with van der Waals surface area (Å²) in [6, 6.07) is 7.87. The summed E-state index contributed by atoms with van der Waals surface area (Å²) in [5.41, 5.74) is -0.398. The number of aromatic hydroxyl groups is 1. The van der Waals surface area contributed by atoms with E-state index in [0.29, 0.717) is 31.4 Å². The molecule has 6 nitrogen and oxygen atoms in total. The number of likely N-dealkylation sites (tertiary alicyclic amines) is 1. The molecule has 37 heavy (non-hydrogen) atoms. The van der Waals surface area contributed by atoms with E-state index in [-0.39, 0.29) is 29.3 Å². The molecule has 2 bridgehead atoms. The van der Waals surface area contributed by atoms with Gasteiger partial charge in [0.15, 0.2) is 11.5 Å². The first-order chi connectivity index (χ1) is 17.5. The lowest BCUT2D eigenvalue weighted by Crippen LogP contribution is -2.77. The number of carbonyl (C=O) groups is 1. The number of amides is 1. The number of hydrogen-bond acceptors (Lipinski definition) is 5. The molecule has 0 unspecified atom stereocenters. The first-order valence-electron chi connectivity index (χ1n) is 12.5. The summed E-state index contributed by atoms with van der Waals surface area (Å²) in [6.07, 6.45) is -0.110. The topological polar surface area (TPSA) is 73.2 Å². The molecule has 1 amide bonds. The number of rotatable bonds is 3. The predicted octanol–water partition coefficient (Wildman–Crippen LogP) is 3.74. The van der Waals surface area contributed by atoms with E-state index in [2.05, 4.69) is 4.90 Å². The molecule has 0 aromatic heterocycles. The molecule has 2 aliphatic heterocycles. The van der Waals surface area contributed by atoms with E-state index in [9.17, 15) is 28.2 Å². The van der Waals surface area contributed by atoms with Crippen LogP contribution in [0.25, 0.3) is 6.08 Å². The van der Waals surface area contributed by atoms with Gasteiger partial charge in [-0.2, -0.15) is 13.2 Å². The molecule has 2 fully saturated rings. The summed E-state index contributed by atoms with van der Waals surface area (Å²) in [7, 11) is 3.68. The monoisotopic (exact) mass is 514 g/mol. The van der Waals surface area contributed by atoms with Crippen molar-refractivity contribution < 1.29 is 32.9 Å². The zero-order valence-electron chi connectivity index (χ0n) is 20.6. The molecule has 2 aliphatic carbocycles. The van der Waals surface area contributed by atoms with Gasteiger partial charge in [0.05, 0.1) is 22.6 Å². The molecule has 0 radical (unpaired) electrons. The van der Waals surface area contributed by atoms with Crippen molar-refractivity contribution in [3.8, 4) is 11.5 Å². The van der Waals surface area contributed by atoms with Crippen LogP contribution in [0.5, 0.6) is 11.5 Å². The molecule has 4 aliphatic rings. The van der Waals surface area contributed by atoms with Crippen molar-refractivity contribution in [2.24, 2.45) is 0 Å². The van der Waals surface area contributed by atoms with Crippen LogP contribution in [0, 0.1) is 0 Å². The minimum Gasteiger partial charge on any atom is -0.504 e. The highest BCUT2D eigenvalue weighted by atomic mass is 19.4. The Bertz CT molecular complexity index is 1310. The van der Waals surface area contributed by atoms with Crippen LogP contribution in [0.2, 0.25) is 0 Å². The number of carbonyl (C=O) groups excluding carboxylic acids is 1. The van der Waals surface area contributed by atoms with Gasteiger partial charge < -0.3 is 24.7 Å². The molecule has 1 saturated carbocycles. The van der Waals surface area contributed by atoms with Gasteiger partial charge in [-0.3, -0.25) is 4.79 Å². The number of alkyl halides is 3. The average molecular weight is 515 g/mol. The number of phenols is 1. The summed E-state index contributed by atoms with van der Waals surface area (Å²) in [6.45, 7) is 0.751. The zero-order valence-corrected chi connectivity index (χ0v) is 20.6. The number of phenolic OH excluding ortho intramolecular Hbond substituents is 1. The number of ether oxygens (including phenoxy) is 1. The Hall–Kier alpha value is -3.04. The van der Waals surface area contributed by atoms with Crippen LogP contribution in [0.1, 0.15) is 41.5 Å². The van der Waals surface area contributed by atoms with E-state index >= 15 is 0 Å². The Balaban J connectivity index is 1.33. The molecular formula is C28H29F3N2O4. The summed E-state index contributed by atoms with van der Waals surface area (Å²) < 4.78 is 45.7. The van der Waals surface area contributed by atoms with Crippen LogP contribution >= 0.6 is 0 Å². The SMILES string of the molecule is CN1CC[C@]23c4c5ccc(O)c4O[C@H]2[C@H](N(C)C(=O)C=Cc2cccc(C(F)(F)F)c2)CC[C@@]3(O)[C@H]1C5.